The molecule has 0 aliphatic rings. The van der Waals surface area contributed by atoms with Crippen LogP contribution in [0.3, 0.4) is 0 Å². The highest BCUT2D eigenvalue weighted by atomic mass is 16.5. The van der Waals surface area contributed by atoms with Gasteiger partial charge in [-0.05, 0) is 17.4 Å². The molecule has 0 N–H and O–H groups in total. The van der Waals surface area contributed by atoms with E-state index in [0.717, 1.165) is 6.42 Å². The van der Waals surface area contributed by atoms with Crippen molar-refractivity contribution in [1.82, 2.24) is 0 Å². The predicted molar refractivity (Wildman–Crippen MR) is 83.1 cm³/mol. The molecule has 0 unspecified atom stereocenters. The summed E-state index contributed by atoms with van der Waals surface area (Å²) in [5.41, 5.74) is 1.37. The van der Waals surface area contributed by atoms with Gasteiger partial charge >= 0.3 is 0 Å². The van der Waals surface area contributed by atoms with E-state index in [1.807, 2.05) is 6.07 Å². The number of unbranched alkanes of at least 4 members (excludes halogenated alkanes) is 2. The second-order valence-corrected chi connectivity index (χ2v) is 6.15. The van der Waals surface area contributed by atoms with Gasteiger partial charge in [-0.3, -0.25) is 0 Å². The molecule has 1 aromatic carbocycles. The first-order chi connectivity index (χ1) is 9.04. The first-order valence-electron chi connectivity index (χ1n) is 7.36. The van der Waals surface area contributed by atoms with Crippen LogP contribution in [0.5, 0.6) is 0 Å². The molecule has 1 heteroatoms. The predicted octanol–water partition coefficient (Wildman–Crippen LogP) is 5.36. The molecule has 0 aliphatic carbocycles. The minimum Gasteiger partial charge on any atom is -0.369 e. The normalized spacial score (nSPS) is 13.9. The Morgan fingerprint density at radius 1 is 1.16 bits per heavy atom. The topological polar surface area (TPSA) is 9.23 Å². The molecule has 0 radical (unpaired) electrons. The smallest absolute Gasteiger partial charge is 0.0808 e. The van der Waals surface area contributed by atoms with E-state index in [0.29, 0.717) is 6.61 Å². The number of ether oxygens (including phenoxy) is 1. The van der Waals surface area contributed by atoms with E-state index in [4.69, 9.17) is 4.74 Å². The molecule has 0 spiro atoms. The molecular weight excluding hydrogens is 232 g/mol. The van der Waals surface area contributed by atoms with Crippen molar-refractivity contribution < 1.29 is 4.74 Å². The van der Waals surface area contributed by atoms with E-state index in [-0.39, 0.29) is 11.5 Å². The van der Waals surface area contributed by atoms with Crippen molar-refractivity contribution in [2.75, 3.05) is 0 Å². The minimum atomic E-state index is 0.136. The van der Waals surface area contributed by atoms with E-state index in [1.165, 1.54) is 18.4 Å². The summed E-state index contributed by atoms with van der Waals surface area (Å²) in [4.78, 5) is 0. The van der Waals surface area contributed by atoms with E-state index in [1.54, 1.807) is 0 Å². The molecule has 0 bridgehead atoms. The van der Waals surface area contributed by atoms with Crippen LogP contribution in [0.1, 0.15) is 52.5 Å². The van der Waals surface area contributed by atoms with Crippen LogP contribution in [0, 0.1) is 5.41 Å². The zero-order valence-electron chi connectivity index (χ0n) is 12.9. The highest BCUT2D eigenvalue weighted by molar-refractivity contribution is 5.13. The van der Waals surface area contributed by atoms with Crippen molar-refractivity contribution in [2.45, 2.75) is 59.7 Å². The maximum atomic E-state index is 6.09. The SMILES string of the molecule is CCCC/C=C/[C@H](OCc1ccccc1)C(C)(C)C. The largest absolute Gasteiger partial charge is 0.369 e. The monoisotopic (exact) mass is 260 g/mol. The van der Waals surface area contributed by atoms with Gasteiger partial charge in [0.15, 0.2) is 0 Å². The van der Waals surface area contributed by atoms with Crippen molar-refractivity contribution >= 4 is 0 Å². The van der Waals surface area contributed by atoms with Crippen LogP contribution in [-0.4, -0.2) is 6.10 Å². The van der Waals surface area contributed by atoms with Crippen molar-refractivity contribution in [3.63, 3.8) is 0 Å². The lowest BCUT2D eigenvalue weighted by Gasteiger charge is -2.28. The van der Waals surface area contributed by atoms with Gasteiger partial charge in [0.1, 0.15) is 0 Å². The summed E-state index contributed by atoms with van der Waals surface area (Å²) in [6.45, 7) is 9.59. The Hall–Kier alpha value is -1.08. The van der Waals surface area contributed by atoms with Gasteiger partial charge in [0, 0.05) is 0 Å². The van der Waals surface area contributed by atoms with Gasteiger partial charge in [-0.25, -0.2) is 0 Å². The van der Waals surface area contributed by atoms with Gasteiger partial charge in [0.2, 0.25) is 0 Å². The molecule has 1 rings (SSSR count). The minimum absolute atomic E-state index is 0.136. The lowest BCUT2D eigenvalue weighted by molar-refractivity contribution is 0.00399. The first kappa shape index (κ1) is 16.0. The van der Waals surface area contributed by atoms with Crippen molar-refractivity contribution in [1.29, 1.82) is 0 Å². The van der Waals surface area contributed by atoms with Crippen LogP contribution >= 0.6 is 0 Å². The molecule has 0 saturated heterocycles. The molecule has 1 nitrogen and oxygen atoms in total. The van der Waals surface area contributed by atoms with E-state index >= 15 is 0 Å². The van der Waals surface area contributed by atoms with E-state index in [2.05, 4.69) is 64.1 Å². The van der Waals surface area contributed by atoms with Gasteiger partial charge in [0.05, 0.1) is 12.7 Å². The zero-order chi connectivity index (χ0) is 14.1. The Labute approximate surface area is 118 Å². The third-order valence-electron chi connectivity index (χ3n) is 3.16. The summed E-state index contributed by atoms with van der Waals surface area (Å²) in [5, 5.41) is 0. The quantitative estimate of drug-likeness (QED) is 0.473. The molecule has 19 heavy (non-hydrogen) atoms. The molecule has 1 atom stereocenters. The number of allylic oxidation sites excluding steroid dienone is 1. The second kappa shape index (κ2) is 8.16. The third kappa shape index (κ3) is 6.58. The highest BCUT2D eigenvalue weighted by Gasteiger charge is 2.22. The summed E-state index contributed by atoms with van der Waals surface area (Å²) in [5.74, 6) is 0. The number of hydrogen-bond donors (Lipinski definition) is 0. The van der Waals surface area contributed by atoms with Gasteiger partial charge in [-0.1, -0.05) is 83.0 Å². The summed E-state index contributed by atoms with van der Waals surface area (Å²) in [7, 11) is 0. The standard InChI is InChI=1S/C18H28O/c1-5-6-7-11-14-17(18(2,3)4)19-15-16-12-9-8-10-13-16/h8-14,17H,5-7,15H2,1-4H3/b14-11+/t17-/m0/s1. The Morgan fingerprint density at radius 3 is 2.42 bits per heavy atom. The number of benzene rings is 1. The first-order valence-corrected chi connectivity index (χ1v) is 7.36. The fraction of sp³-hybridized carbons (Fsp3) is 0.556. The molecule has 0 saturated carbocycles. The molecule has 0 fully saturated rings. The molecule has 0 heterocycles. The van der Waals surface area contributed by atoms with Gasteiger partial charge in [-0.2, -0.15) is 0 Å². The van der Waals surface area contributed by atoms with Crippen LogP contribution < -0.4 is 0 Å². The third-order valence-corrected chi connectivity index (χ3v) is 3.16. The molecular formula is C18H28O. The maximum absolute atomic E-state index is 6.09. The Kier molecular flexibility index (Phi) is 6.86. The number of rotatable bonds is 7. The van der Waals surface area contributed by atoms with Crippen LogP contribution in [-0.2, 0) is 11.3 Å². The molecule has 1 aromatic rings. The lowest BCUT2D eigenvalue weighted by Crippen LogP contribution is -2.27. The fourth-order valence-corrected chi connectivity index (χ4v) is 1.90. The van der Waals surface area contributed by atoms with Crippen LogP contribution in [0.4, 0.5) is 0 Å². The molecule has 0 aliphatic heterocycles. The van der Waals surface area contributed by atoms with Crippen LogP contribution in [0.2, 0.25) is 0 Å². The summed E-state index contributed by atoms with van der Waals surface area (Å²) < 4.78 is 6.09. The van der Waals surface area contributed by atoms with Crippen molar-refractivity contribution in [3.05, 3.63) is 48.0 Å². The Balaban J connectivity index is 2.53. The van der Waals surface area contributed by atoms with Crippen LogP contribution in [0.25, 0.3) is 0 Å². The molecule has 0 aromatic heterocycles. The molecule has 106 valence electrons. The molecule has 0 amide bonds. The lowest BCUT2D eigenvalue weighted by atomic mass is 9.88. The fourth-order valence-electron chi connectivity index (χ4n) is 1.90. The maximum Gasteiger partial charge on any atom is 0.0808 e. The average molecular weight is 260 g/mol. The highest BCUT2D eigenvalue weighted by Crippen LogP contribution is 2.24. The summed E-state index contributed by atoms with van der Waals surface area (Å²) in [6.07, 6.45) is 8.33. The van der Waals surface area contributed by atoms with E-state index in [9.17, 15) is 0 Å². The van der Waals surface area contributed by atoms with Crippen molar-refractivity contribution in [2.24, 2.45) is 5.41 Å². The summed E-state index contributed by atoms with van der Waals surface area (Å²) >= 11 is 0. The summed E-state index contributed by atoms with van der Waals surface area (Å²) in [6, 6.07) is 10.4. The van der Waals surface area contributed by atoms with Crippen molar-refractivity contribution in [3.8, 4) is 0 Å². The van der Waals surface area contributed by atoms with Gasteiger partial charge in [0.25, 0.3) is 0 Å². The van der Waals surface area contributed by atoms with Gasteiger partial charge < -0.3 is 4.74 Å². The number of hydrogen-bond acceptors (Lipinski definition) is 1. The Bertz CT molecular complexity index is 359. The average Bonchev–Trinajstić information content (AvgIpc) is 2.37. The zero-order valence-corrected chi connectivity index (χ0v) is 12.9. The second-order valence-electron chi connectivity index (χ2n) is 6.15. The Morgan fingerprint density at radius 2 is 1.84 bits per heavy atom. The van der Waals surface area contributed by atoms with Gasteiger partial charge in [-0.15, -0.1) is 0 Å². The van der Waals surface area contributed by atoms with Crippen LogP contribution in [0.15, 0.2) is 42.5 Å². The van der Waals surface area contributed by atoms with E-state index < -0.39 is 0 Å².